The monoisotopic (exact) mass is 265 g/mol. The van der Waals surface area contributed by atoms with Gasteiger partial charge in [0.1, 0.15) is 5.75 Å². The van der Waals surface area contributed by atoms with Crippen LogP contribution in [0.5, 0.6) is 11.6 Å². The van der Waals surface area contributed by atoms with Gasteiger partial charge in [0.25, 0.3) is 0 Å². The summed E-state index contributed by atoms with van der Waals surface area (Å²) in [6.45, 7) is 1.91. The van der Waals surface area contributed by atoms with Crippen LogP contribution in [0.1, 0.15) is 18.5 Å². The quantitative estimate of drug-likeness (QED) is 0.788. The molecule has 3 rings (SSSR count). The fraction of sp³-hybridized carbons (Fsp3) is 0.125. The second-order valence-electron chi connectivity index (χ2n) is 4.61. The highest BCUT2D eigenvalue weighted by Gasteiger charge is 2.11. The van der Waals surface area contributed by atoms with E-state index in [0.29, 0.717) is 5.88 Å². The Hall–Kier alpha value is -2.46. The molecular formula is C16H15N3O. The van der Waals surface area contributed by atoms with E-state index in [1.54, 1.807) is 12.4 Å². The molecule has 2 heterocycles. The van der Waals surface area contributed by atoms with Crippen LogP contribution in [0, 0.1) is 0 Å². The highest BCUT2D eigenvalue weighted by molar-refractivity contribution is 5.85. The maximum Gasteiger partial charge on any atom is 0.224 e. The third-order valence-corrected chi connectivity index (χ3v) is 3.10. The van der Waals surface area contributed by atoms with Gasteiger partial charge in [-0.2, -0.15) is 0 Å². The van der Waals surface area contributed by atoms with Gasteiger partial charge in [-0.1, -0.05) is 12.1 Å². The number of hydrogen-bond acceptors (Lipinski definition) is 4. The molecule has 0 fully saturated rings. The molecular weight excluding hydrogens is 250 g/mol. The molecule has 0 saturated carbocycles. The predicted molar refractivity (Wildman–Crippen MR) is 78.7 cm³/mol. The average Bonchev–Trinajstić information content (AvgIpc) is 2.48. The average molecular weight is 265 g/mol. The number of fused-ring (bicyclic) bond motifs is 1. The second-order valence-corrected chi connectivity index (χ2v) is 4.61. The molecule has 1 atom stereocenters. The predicted octanol–water partition coefficient (Wildman–Crippen LogP) is 3.44. The van der Waals surface area contributed by atoms with Crippen LogP contribution in [0.15, 0.2) is 54.9 Å². The van der Waals surface area contributed by atoms with Crippen LogP contribution in [0.25, 0.3) is 10.9 Å². The molecule has 1 aromatic carbocycles. The van der Waals surface area contributed by atoms with E-state index in [1.807, 2.05) is 49.4 Å². The van der Waals surface area contributed by atoms with E-state index in [9.17, 15) is 0 Å². The minimum atomic E-state index is -0.133. The highest BCUT2D eigenvalue weighted by atomic mass is 16.5. The first-order valence-electron chi connectivity index (χ1n) is 6.48. The fourth-order valence-electron chi connectivity index (χ4n) is 2.10. The Morgan fingerprint density at radius 3 is 2.65 bits per heavy atom. The van der Waals surface area contributed by atoms with E-state index in [0.717, 1.165) is 22.2 Å². The Balaban J connectivity index is 2.06. The van der Waals surface area contributed by atoms with E-state index < -0.39 is 0 Å². The van der Waals surface area contributed by atoms with Crippen LogP contribution < -0.4 is 10.5 Å². The van der Waals surface area contributed by atoms with Crippen LogP contribution in [0.4, 0.5) is 0 Å². The maximum absolute atomic E-state index is 5.95. The van der Waals surface area contributed by atoms with E-state index in [-0.39, 0.29) is 6.04 Å². The normalized spacial score (nSPS) is 12.3. The molecule has 0 bridgehead atoms. The van der Waals surface area contributed by atoms with E-state index >= 15 is 0 Å². The number of ether oxygens (including phenoxy) is 1. The molecule has 4 heteroatoms. The van der Waals surface area contributed by atoms with Crippen molar-refractivity contribution in [3.05, 3.63) is 60.4 Å². The molecule has 0 spiro atoms. The Morgan fingerprint density at radius 2 is 1.80 bits per heavy atom. The molecule has 4 nitrogen and oxygen atoms in total. The molecule has 0 saturated heterocycles. The lowest BCUT2D eigenvalue weighted by Gasteiger charge is -2.13. The second kappa shape index (κ2) is 5.27. The van der Waals surface area contributed by atoms with Gasteiger partial charge in [-0.15, -0.1) is 0 Å². The van der Waals surface area contributed by atoms with Crippen molar-refractivity contribution in [3.8, 4) is 11.6 Å². The van der Waals surface area contributed by atoms with Crippen LogP contribution in [0.3, 0.4) is 0 Å². The van der Waals surface area contributed by atoms with Gasteiger partial charge in [0.15, 0.2) is 0 Å². The first-order chi connectivity index (χ1) is 9.75. The van der Waals surface area contributed by atoms with E-state index in [4.69, 9.17) is 10.5 Å². The van der Waals surface area contributed by atoms with Gasteiger partial charge in [0, 0.05) is 29.4 Å². The lowest BCUT2D eigenvalue weighted by atomic mass is 10.1. The molecule has 0 aliphatic carbocycles. The molecule has 0 radical (unpaired) electrons. The number of benzene rings is 1. The summed E-state index contributed by atoms with van der Waals surface area (Å²) in [6.07, 6.45) is 3.46. The molecule has 0 aliphatic heterocycles. The van der Waals surface area contributed by atoms with Gasteiger partial charge in [-0.25, -0.2) is 4.98 Å². The van der Waals surface area contributed by atoms with Crippen molar-refractivity contribution < 1.29 is 4.74 Å². The third-order valence-electron chi connectivity index (χ3n) is 3.10. The van der Waals surface area contributed by atoms with Crippen molar-refractivity contribution in [2.45, 2.75) is 13.0 Å². The summed E-state index contributed by atoms with van der Waals surface area (Å²) >= 11 is 0. The minimum Gasteiger partial charge on any atom is -0.438 e. The van der Waals surface area contributed by atoms with Gasteiger partial charge >= 0.3 is 0 Å². The maximum atomic E-state index is 5.95. The van der Waals surface area contributed by atoms with Gasteiger partial charge in [-0.05, 0) is 37.3 Å². The zero-order chi connectivity index (χ0) is 13.9. The van der Waals surface area contributed by atoms with Crippen molar-refractivity contribution in [1.82, 2.24) is 9.97 Å². The molecule has 3 aromatic rings. The summed E-state index contributed by atoms with van der Waals surface area (Å²) in [5.41, 5.74) is 7.72. The van der Waals surface area contributed by atoms with Gasteiger partial charge in [-0.3, -0.25) is 4.98 Å². The lowest BCUT2D eigenvalue weighted by Crippen LogP contribution is -2.07. The molecule has 2 aromatic heterocycles. The lowest BCUT2D eigenvalue weighted by molar-refractivity contribution is 0.457. The van der Waals surface area contributed by atoms with Crippen molar-refractivity contribution in [2.75, 3.05) is 0 Å². The topological polar surface area (TPSA) is 61.0 Å². The summed E-state index contributed by atoms with van der Waals surface area (Å²) in [5, 5.41) is 0.955. The van der Waals surface area contributed by atoms with Crippen LogP contribution in [-0.4, -0.2) is 9.97 Å². The Kier molecular flexibility index (Phi) is 3.31. The third kappa shape index (κ3) is 2.33. The first kappa shape index (κ1) is 12.6. The standard InChI is InChI=1S/C16H15N3O/c1-11(17)12-5-3-10-19-16(12)20-15-8-2-7-14-13(15)6-4-9-18-14/h2-11H,17H2,1H3/t11-/m1/s1. The van der Waals surface area contributed by atoms with Crippen molar-refractivity contribution in [2.24, 2.45) is 5.73 Å². The van der Waals surface area contributed by atoms with Crippen LogP contribution in [0.2, 0.25) is 0 Å². The van der Waals surface area contributed by atoms with Crippen molar-refractivity contribution in [3.63, 3.8) is 0 Å². The summed E-state index contributed by atoms with van der Waals surface area (Å²) in [4.78, 5) is 8.60. The number of nitrogens with two attached hydrogens (primary N) is 1. The number of nitrogens with zero attached hydrogens (tertiary/aromatic N) is 2. The van der Waals surface area contributed by atoms with E-state index in [2.05, 4.69) is 9.97 Å². The number of aromatic nitrogens is 2. The van der Waals surface area contributed by atoms with Crippen LogP contribution in [-0.2, 0) is 0 Å². The number of pyridine rings is 2. The largest absolute Gasteiger partial charge is 0.438 e. The van der Waals surface area contributed by atoms with Gasteiger partial charge < -0.3 is 10.5 Å². The summed E-state index contributed by atoms with van der Waals surface area (Å²) < 4.78 is 5.95. The Morgan fingerprint density at radius 1 is 1.00 bits per heavy atom. The van der Waals surface area contributed by atoms with Crippen molar-refractivity contribution >= 4 is 10.9 Å². The van der Waals surface area contributed by atoms with Crippen molar-refractivity contribution in [1.29, 1.82) is 0 Å². The highest BCUT2D eigenvalue weighted by Crippen LogP contribution is 2.30. The van der Waals surface area contributed by atoms with Crippen LogP contribution >= 0.6 is 0 Å². The fourth-order valence-corrected chi connectivity index (χ4v) is 2.10. The molecule has 2 N–H and O–H groups in total. The molecule has 100 valence electrons. The summed E-state index contributed by atoms with van der Waals surface area (Å²) in [6, 6.07) is 13.3. The minimum absolute atomic E-state index is 0.133. The van der Waals surface area contributed by atoms with E-state index in [1.165, 1.54) is 0 Å². The SMILES string of the molecule is C[C@@H](N)c1cccnc1Oc1cccc2ncccc12. The number of rotatable bonds is 3. The Labute approximate surface area is 117 Å². The number of hydrogen-bond donors (Lipinski definition) is 1. The first-order valence-corrected chi connectivity index (χ1v) is 6.48. The van der Waals surface area contributed by atoms with Gasteiger partial charge in [0.2, 0.25) is 5.88 Å². The summed E-state index contributed by atoms with van der Waals surface area (Å²) in [5.74, 6) is 1.27. The molecule has 0 amide bonds. The smallest absolute Gasteiger partial charge is 0.224 e. The Bertz CT molecular complexity index is 735. The molecule has 20 heavy (non-hydrogen) atoms. The molecule has 0 aliphatic rings. The summed E-state index contributed by atoms with van der Waals surface area (Å²) in [7, 11) is 0. The zero-order valence-electron chi connectivity index (χ0n) is 11.2. The molecule has 0 unspecified atom stereocenters. The zero-order valence-corrected chi connectivity index (χ0v) is 11.2. The van der Waals surface area contributed by atoms with Gasteiger partial charge in [0.05, 0.1) is 5.52 Å².